The minimum atomic E-state index is -4.55. The number of carbonyl (C=O) groups excluding carboxylic acids is 1. The second-order valence-corrected chi connectivity index (χ2v) is 7.56. The van der Waals surface area contributed by atoms with Crippen molar-refractivity contribution in [2.24, 2.45) is 0 Å². The third-order valence-electron chi connectivity index (χ3n) is 5.39. The molecular weight excluding hydrogens is 453 g/mol. The highest BCUT2D eigenvalue weighted by Crippen LogP contribution is 2.30. The number of rotatable bonds is 3. The fraction of sp³-hybridized carbons (Fsp3) is 0.227. The van der Waals surface area contributed by atoms with E-state index in [1.807, 2.05) is 0 Å². The number of amides is 2. The number of halogens is 3. The molecule has 2 amide bonds. The number of pyridine rings is 1. The summed E-state index contributed by atoms with van der Waals surface area (Å²) < 4.78 is 38.3. The summed E-state index contributed by atoms with van der Waals surface area (Å²) >= 11 is 0. The molecule has 12 heteroatoms. The molecule has 0 bridgehead atoms. The third-order valence-corrected chi connectivity index (χ3v) is 5.39. The Morgan fingerprint density at radius 3 is 2.06 bits per heavy atom. The lowest BCUT2D eigenvalue weighted by molar-refractivity contribution is -0.141. The van der Waals surface area contributed by atoms with Crippen LogP contribution < -0.4 is 5.73 Å². The first-order chi connectivity index (χ1) is 16.1. The summed E-state index contributed by atoms with van der Waals surface area (Å²) in [5.74, 6) is -0.172. The molecule has 1 aliphatic rings. The lowest BCUT2D eigenvalue weighted by atomic mass is 10.1. The summed E-state index contributed by atoms with van der Waals surface area (Å²) in [5, 5.41) is 9.03. The standard InChI is InChI=1S/C22H19F3N6O3/c23-22(24,25)17-6-5-15(11-27-17)18-19(26)28-12-16(29-18)13-1-3-14(4-2-13)20(32)30-7-9-31(10-8-30)21(33)34/h1-6,11-12H,7-10H2,(H2,26,28)(H,33,34). The predicted octanol–water partition coefficient (Wildman–Crippen LogP) is 3.24. The minimum Gasteiger partial charge on any atom is -0.465 e. The molecule has 2 aromatic heterocycles. The van der Waals surface area contributed by atoms with E-state index in [0.29, 0.717) is 29.9 Å². The molecular formula is C22H19F3N6O3. The molecule has 0 unspecified atom stereocenters. The fourth-order valence-corrected chi connectivity index (χ4v) is 3.52. The normalized spacial score (nSPS) is 14.2. The first-order valence-electron chi connectivity index (χ1n) is 10.2. The van der Waals surface area contributed by atoms with Gasteiger partial charge in [-0.3, -0.25) is 9.78 Å². The van der Waals surface area contributed by atoms with Crippen LogP contribution in [0.15, 0.2) is 48.8 Å². The Morgan fingerprint density at radius 1 is 0.882 bits per heavy atom. The van der Waals surface area contributed by atoms with E-state index in [0.717, 1.165) is 12.3 Å². The van der Waals surface area contributed by atoms with E-state index >= 15 is 0 Å². The molecule has 0 aliphatic carbocycles. The number of carbonyl (C=O) groups is 2. The Bertz CT molecular complexity index is 1210. The Balaban J connectivity index is 1.52. The molecule has 0 spiro atoms. The van der Waals surface area contributed by atoms with Gasteiger partial charge in [0.15, 0.2) is 0 Å². The van der Waals surface area contributed by atoms with Gasteiger partial charge in [-0.25, -0.2) is 14.8 Å². The van der Waals surface area contributed by atoms with Gasteiger partial charge >= 0.3 is 12.3 Å². The van der Waals surface area contributed by atoms with E-state index in [9.17, 15) is 22.8 Å². The van der Waals surface area contributed by atoms with Gasteiger partial charge in [-0.1, -0.05) is 12.1 Å². The SMILES string of the molecule is Nc1ncc(-c2ccc(C(=O)N3CCN(C(=O)O)CC3)cc2)nc1-c1ccc(C(F)(F)F)nc1. The Kier molecular flexibility index (Phi) is 6.05. The molecule has 9 nitrogen and oxygen atoms in total. The number of nitrogens with zero attached hydrogens (tertiary/aromatic N) is 5. The molecule has 3 heterocycles. The highest BCUT2D eigenvalue weighted by molar-refractivity contribution is 5.94. The van der Waals surface area contributed by atoms with Crippen LogP contribution in [0, 0.1) is 0 Å². The monoisotopic (exact) mass is 472 g/mol. The molecule has 1 aromatic carbocycles. The maximum absolute atomic E-state index is 12.8. The summed E-state index contributed by atoms with van der Waals surface area (Å²) in [4.78, 5) is 38.6. The molecule has 1 saturated heterocycles. The van der Waals surface area contributed by atoms with Gasteiger partial charge in [-0.2, -0.15) is 13.2 Å². The van der Waals surface area contributed by atoms with Crippen molar-refractivity contribution in [1.29, 1.82) is 0 Å². The van der Waals surface area contributed by atoms with Crippen molar-refractivity contribution in [3.63, 3.8) is 0 Å². The number of aromatic nitrogens is 3. The maximum Gasteiger partial charge on any atom is 0.433 e. The average molecular weight is 472 g/mol. The highest BCUT2D eigenvalue weighted by atomic mass is 19.4. The van der Waals surface area contributed by atoms with Gasteiger partial charge in [0.05, 0.1) is 11.9 Å². The van der Waals surface area contributed by atoms with Gasteiger partial charge in [-0.05, 0) is 24.3 Å². The zero-order valence-electron chi connectivity index (χ0n) is 17.7. The highest BCUT2D eigenvalue weighted by Gasteiger charge is 2.32. The molecule has 34 heavy (non-hydrogen) atoms. The van der Waals surface area contributed by atoms with Crippen molar-refractivity contribution < 1.29 is 27.9 Å². The first-order valence-corrected chi connectivity index (χ1v) is 10.2. The number of carboxylic acid groups (broad SMARTS) is 1. The lowest BCUT2D eigenvalue weighted by Crippen LogP contribution is -2.50. The van der Waals surface area contributed by atoms with Crippen molar-refractivity contribution in [2.45, 2.75) is 6.18 Å². The minimum absolute atomic E-state index is 0.0395. The van der Waals surface area contributed by atoms with E-state index in [1.54, 1.807) is 29.2 Å². The predicted molar refractivity (Wildman–Crippen MR) is 116 cm³/mol. The van der Waals surface area contributed by atoms with Crippen LogP contribution in [-0.2, 0) is 6.18 Å². The number of hydrogen-bond donors (Lipinski definition) is 2. The van der Waals surface area contributed by atoms with Gasteiger partial charge in [0.25, 0.3) is 5.91 Å². The summed E-state index contributed by atoms with van der Waals surface area (Å²) in [7, 11) is 0. The number of anilines is 1. The Morgan fingerprint density at radius 2 is 1.50 bits per heavy atom. The number of benzene rings is 1. The molecule has 1 aliphatic heterocycles. The van der Waals surface area contributed by atoms with Crippen molar-refractivity contribution in [2.75, 3.05) is 31.9 Å². The van der Waals surface area contributed by atoms with E-state index < -0.39 is 18.0 Å². The van der Waals surface area contributed by atoms with Gasteiger partial charge in [0, 0.05) is 49.1 Å². The van der Waals surface area contributed by atoms with Crippen molar-refractivity contribution in [3.05, 3.63) is 60.0 Å². The summed E-state index contributed by atoms with van der Waals surface area (Å²) in [6.45, 7) is 1.12. The zero-order chi connectivity index (χ0) is 24.5. The number of piperazine rings is 1. The van der Waals surface area contributed by atoms with Gasteiger partial charge in [0.1, 0.15) is 17.2 Å². The van der Waals surface area contributed by atoms with Crippen LogP contribution in [-0.4, -0.2) is 68.0 Å². The van der Waals surface area contributed by atoms with Gasteiger partial charge in [0.2, 0.25) is 0 Å². The number of nitrogen functional groups attached to an aromatic ring is 1. The van der Waals surface area contributed by atoms with Crippen LogP contribution in [0.25, 0.3) is 22.5 Å². The van der Waals surface area contributed by atoms with E-state index in [1.165, 1.54) is 17.2 Å². The molecule has 176 valence electrons. The van der Waals surface area contributed by atoms with Crippen LogP contribution in [0.5, 0.6) is 0 Å². The summed E-state index contributed by atoms with van der Waals surface area (Å²) in [5.41, 5.74) is 6.81. The van der Waals surface area contributed by atoms with Crippen molar-refractivity contribution in [1.82, 2.24) is 24.8 Å². The van der Waals surface area contributed by atoms with Crippen LogP contribution >= 0.6 is 0 Å². The van der Waals surface area contributed by atoms with Gasteiger partial charge in [-0.15, -0.1) is 0 Å². The zero-order valence-corrected chi connectivity index (χ0v) is 17.7. The average Bonchev–Trinajstić information content (AvgIpc) is 2.83. The largest absolute Gasteiger partial charge is 0.465 e. The second kappa shape index (κ2) is 8.96. The Hall–Kier alpha value is -4.22. The van der Waals surface area contributed by atoms with Crippen LogP contribution in [0.4, 0.5) is 23.8 Å². The second-order valence-electron chi connectivity index (χ2n) is 7.56. The molecule has 3 N–H and O–H groups in total. The third kappa shape index (κ3) is 4.75. The maximum atomic E-state index is 12.8. The molecule has 3 aromatic rings. The van der Waals surface area contributed by atoms with Crippen LogP contribution in [0.3, 0.4) is 0 Å². The van der Waals surface area contributed by atoms with E-state index in [4.69, 9.17) is 10.8 Å². The van der Waals surface area contributed by atoms with Crippen molar-refractivity contribution >= 4 is 17.8 Å². The topological polar surface area (TPSA) is 126 Å². The first kappa shape index (κ1) is 23.0. The van der Waals surface area contributed by atoms with Gasteiger partial charge < -0.3 is 20.6 Å². The molecule has 0 saturated carbocycles. The number of nitrogens with two attached hydrogens (primary N) is 1. The van der Waals surface area contributed by atoms with Crippen LogP contribution in [0.1, 0.15) is 16.1 Å². The van der Waals surface area contributed by atoms with Crippen LogP contribution in [0.2, 0.25) is 0 Å². The number of hydrogen-bond acceptors (Lipinski definition) is 6. The fourth-order valence-electron chi connectivity index (χ4n) is 3.52. The van der Waals surface area contributed by atoms with E-state index in [-0.39, 0.29) is 36.1 Å². The molecule has 4 rings (SSSR count). The Labute approximate surface area is 191 Å². The summed E-state index contributed by atoms with van der Waals surface area (Å²) in [6, 6.07) is 8.67. The van der Waals surface area contributed by atoms with E-state index in [2.05, 4.69) is 15.0 Å². The molecule has 0 radical (unpaired) electrons. The summed E-state index contributed by atoms with van der Waals surface area (Å²) in [6.07, 6.45) is -3.09. The molecule has 1 fully saturated rings. The van der Waals surface area contributed by atoms with Crippen molar-refractivity contribution in [3.8, 4) is 22.5 Å². The number of alkyl halides is 3. The lowest BCUT2D eigenvalue weighted by Gasteiger charge is -2.33. The smallest absolute Gasteiger partial charge is 0.433 e. The quantitative estimate of drug-likeness (QED) is 0.599. The molecule has 0 atom stereocenters.